The van der Waals surface area contributed by atoms with Gasteiger partial charge in [-0.25, -0.2) is 0 Å². The minimum Gasteiger partial charge on any atom is -0.431 e. The number of hydrogen-bond donors (Lipinski definition) is 1. The van der Waals surface area contributed by atoms with E-state index >= 15 is 0 Å². The molecule has 2 nitrogen and oxygen atoms in total. The predicted molar refractivity (Wildman–Crippen MR) is 117 cm³/mol. The second-order valence-electron chi connectivity index (χ2n) is 7.49. The number of hydrogen-bond acceptors (Lipinski definition) is 2. The predicted octanol–water partition coefficient (Wildman–Crippen LogP) is 7.36. The van der Waals surface area contributed by atoms with E-state index in [1.807, 2.05) is 0 Å². The molecule has 0 spiro atoms. The Morgan fingerprint density at radius 1 is 0.815 bits per heavy atom. The van der Waals surface area contributed by atoms with Crippen molar-refractivity contribution in [2.45, 2.75) is 103 Å². The molecular formula is C25H41NO. The highest BCUT2D eigenvalue weighted by molar-refractivity contribution is 5.18. The molecule has 27 heavy (non-hydrogen) atoms. The molecule has 0 radical (unpaired) electrons. The molecule has 0 aliphatic heterocycles. The van der Waals surface area contributed by atoms with E-state index in [1.54, 1.807) is 6.92 Å². The first-order valence-electron chi connectivity index (χ1n) is 11.2. The maximum atomic E-state index is 5.28. The van der Waals surface area contributed by atoms with Gasteiger partial charge in [0.15, 0.2) is 6.73 Å². The maximum absolute atomic E-state index is 5.28. The van der Waals surface area contributed by atoms with Crippen LogP contribution < -0.4 is 5.32 Å². The molecule has 1 aromatic carbocycles. The zero-order valence-electron chi connectivity index (χ0n) is 17.8. The largest absolute Gasteiger partial charge is 0.431 e. The van der Waals surface area contributed by atoms with Crippen molar-refractivity contribution >= 4 is 0 Å². The lowest BCUT2D eigenvalue weighted by molar-refractivity contribution is 0.225. The number of unbranched alkanes of at least 4 members (excludes halogenated alkanes) is 11. The fourth-order valence-electron chi connectivity index (χ4n) is 3.51. The molecule has 2 heteroatoms. The van der Waals surface area contributed by atoms with E-state index in [0.717, 1.165) is 6.42 Å². The van der Waals surface area contributed by atoms with E-state index in [-0.39, 0.29) is 0 Å². The summed E-state index contributed by atoms with van der Waals surface area (Å²) in [6.45, 7) is 4.56. The molecule has 0 aliphatic rings. The first kappa shape index (κ1) is 23.6. The number of rotatable bonds is 17. The summed E-state index contributed by atoms with van der Waals surface area (Å²) in [7, 11) is 0. The molecule has 1 unspecified atom stereocenters. The van der Waals surface area contributed by atoms with E-state index < -0.39 is 0 Å². The van der Waals surface area contributed by atoms with Gasteiger partial charge in [0.25, 0.3) is 0 Å². The monoisotopic (exact) mass is 371 g/mol. The molecule has 0 aliphatic carbocycles. The van der Waals surface area contributed by atoms with E-state index in [1.165, 1.54) is 82.6 Å². The molecule has 152 valence electrons. The van der Waals surface area contributed by atoms with Gasteiger partial charge in [-0.1, -0.05) is 120 Å². The third-order valence-corrected chi connectivity index (χ3v) is 5.12. The Bertz CT molecular complexity index is 488. The SMILES string of the molecule is CC#COCNC(CCCCCCCCCCCCCC)c1ccccc1. The number of ether oxygens (including phenoxy) is 1. The highest BCUT2D eigenvalue weighted by atomic mass is 16.5. The van der Waals surface area contributed by atoms with Crippen molar-refractivity contribution in [3.05, 3.63) is 35.9 Å². The van der Waals surface area contributed by atoms with Crippen LogP contribution >= 0.6 is 0 Å². The van der Waals surface area contributed by atoms with Crippen LogP contribution in [0.2, 0.25) is 0 Å². The quantitative estimate of drug-likeness (QED) is 0.175. The van der Waals surface area contributed by atoms with Crippen molar-refractivity contribution in [3.63, 3.8) is 0 Å². The van der Waals surface area contributed by atoms with Crippen molar-refractivity contribution in [1.82, 2.24) is 5.32 Å². The summed E-state index contributed by atoms with van der Waals surface area (Å²) in [5.41, 5.74) is 1.34. The van der Waals surface area contributed by atoms with Crippen LogP contribution in [0.25, 0.3) is 0 Å². The van der Waals surface area contributed by atoms with Crippen molar-refractivity contribution < 1.29 is 4.74 Å². The van der Waals surface area contributed by atoms with Gasteiger partial charge in [0.1, 0.15) is 6.11 Å². The average molecular weight is 372 g/mol. The van der Waals surface area contributed by atoms with Crippen molar-refractivity contribution in [1.29, 1.82) is 0 Å². The van der Waals surface area contributed by atoms with Crippen molar-refractivity contribution in [3.8, 4) is 12.0 Å². The lowest BCUT2D eigenvalue weighted by Crippen LogP contribution is -2.23. The zero-order chi connectivity index (χ0) is 19.4. The van der Waals surface area contributed by atoms with Crippen LogP contribution in [-0.4, -0.2) is 6.73 Å². The molecule has 1 N–H and O–H groups in total. The van der Waals surface area contributed by atoms with Gasteiger partial charge in [-0.15, -0.1) is 0 Å². The second kappa shape index (κ2) is 17.9. The van der Waals surface area contributed by atoms with E-state index in [0.29, 0.717) is 12.8 Å². The fraction of sp³-hybridized carbons (Fsp3) is 0.680. The molecule has 0 heterocycles. The minimum absolute atomic E-state index is 0.355. The van der Waals surface area contributed by atoms with Crippen LogP contribution in [0, 0.1) is 12.0 Å². The number of nitrogens with one attached hydrogen (secondary N) is 1. The van der Waals surface area contributed by atoms with Crippen LogP contribution in [0.3, 0.4) is 0 Å². The van der Waals surface area contributed by atoms with Gasteiger partial charge in [0.05, 0.1) is 0 Å². The second-order valence-corrected chi connectivity index (χ2v) is 7.49. The Hall–Kier alpha value is -1.46. The van der Waals surface area contributed by atoms with Crippen LogP contribution in [0.5, 0.6) is 0 Å². The normalized spacial score (nSPS) is 11.6. The van der Waals surface area contributed by atoms with E-state index in [4.69, 9.17) is 4.74 Å². The Labute approximate surface area is 168 Å². The average Bonchev–Trinajstić information content (AvgIpc) is 2.71. The topological polar surface area (TPSA) is 21.3 Å². The molecule has 0 amide bonds. The van der Waals surface area contributed by atoms with Gasteiger partial charge in [0, 0.05) is 13.0 Å². The Morgan fingerprint density at radius 3 is 1.93 bits per heavy atom. The van der Waals surface area contributed by atoms with Gasteiger partial charge in [-0.05, 0) is 12.0 Å². The summed E-state index contributed by atoms with van der Waals surface area (Å²) >= 11 is 0. The van der Waals surface area contributed by atoms with Crippen LogP contribution in [0.1, 0.15) is 109 Å². The minimum atomic E-state index is 0.355. The summed E-state index contributed by atoms with van der Waals surface area (Å²) < 4.78 is 5.28. The van der Waals surface area contributed by atoms with Crippen LogP contribution in [0.4, 0.5) is 0 Å². The van der Waals surface area contributed by atoms with E-state index in [9.17, 15) is 0 Å². The first-order valence-corrected chi connectivity index (χ1v) is 11.2. The molecule has 1 rings (SSSR count). The van der Waals surface area contributed by atoms with Gasteiger partial charge < -0.3 is 4.74 Å². The fourth-order valence-corrected chi connectivity index (χ4v) is 3.51. The summed E-state index contributed by atoms with van der Waals surface area (Å²) in [6.07, 6.45) is 20.5. The smallest absolute Gasteiger partial charge is 0.152 e. The highest BCUT2D eigenvalue weighted by Gasteiger charge is 2.10. The summed E-state index contributed by atoms with van der Waals surface area (Å²) in [4.78, 5) is 0. The van der Waals surface area contributed by atoms with Gasteiger partial charge in [-0.2, -0.15) is 0 Å². The van der Waals surface area contributed by atoms with Gasteiger partial charge in [-0.3, -0.25) is 5.32 Å². The summed E-state index contributed by atoms with van der Waals surface area (Å²) in [6, 6.07) is 11.0. The maximum Gasteiger partial charge on any atom is 0.152 e. The molecule has 1 aromatic rings. The van der Waals surface area contributed by atoms with Crippen molar-refractivity contribution in [2.75, 3.05) is 6.73 Å². The molecule has 0 saturated carbocycles. The number of benzene rings is 1. The Balaban J connectivity index is 2.08. The Kier molecular flexibility index (Phi) is 15.7. The molecule has 0 bridgehead atoms. The zero-order valence-corrected chi connectivity index (χ0v) is 17.8. The third kappa shape index (κ3) is 13.4. The summed E-state index contributed by atoms with van der Waals surface area (Å²) in [5.74, 6) is 2.76. The summed E-state index contributed by atoms with van der Waals surface area (Å²) in [5, 5.41) is 3.49. The molecule has 0 fully saturated rings. The standard InChI is InChI=1S/C25H41NO/c1-3-5-6-7-8-9-10-11-12-13-14-18-21-25(26-23-27-22-4-2)24-19-16-15-17-20-24/h15-17,19-20,25-26H,3,5-14,18,21,23H2,1-2H3. The molecule has 0 saturated heterocycles. The third-order valence-electron chi connectivity index (χ3n) is 5.12. The lowest BCUT2D eigenvalue weighted by Gasteiger charge is -2.18. The van der Waals surface area contributed by atoms with Gasteiger partial charge in [0.2, 0.25) is 0 Å². The van der Waals surface area contributed by atoms with Crippen LogP contribution in [0.15, 0.2) is 30.3 Å². The molecule has 0 aromatic heterocycles. The lowest BCUT2D eigenvalue weighted by atomic mass is 9.99. The first-order chi connectivity index (χ1) is 13.4. The Morgan fingerprint density at radius 2 is 1.37 bits per heavy atom. The highest BCUT2D eigenvalue weighted by Crippen LogP contribution is 2.20. The van der Waals surface area contributed by atoms with E-state index in [2.05, 4.69) is 54.6 Å². The molecule has 1 atom stereocenters. The molecular weight excluding hydrogens is 330 g/mol. The van der Waals surface area contributed by atoms with Crippen molar-refractivity contribution in [2.24, 2.45) is 0 Å². The van der Waals surface area contributed by atoms with Gasteiger partial charge >= 0.3 is 0 Å². The van der Waals surface area contributed by atoms with Crippen LogP contribution in [-0.2, 0) is 4.74 Å².